The lowest BCUT2D eigenvalue weighted by Crippen LogP contribution is -2.42. The average Bonchev–Trinajstić information content (AvgIpc) is 3.36. The first-order chi connectivity index (χ1) is 15.4. The van der Waals surface area contributed by atoms with Crippen LogP contribution in [-0.4, -0.2) is 39.0 Å². The molecule has 2 atom stereocenters. The minimum absolute atomic E-state index is 0.0169. The van der Waals surface area contributed by atoms with Gasteiger partial charge < -0.3 is 5.32 Å². The fraction of sp³-hybridized carbons (Fsp3) is 0.318. The second-order valence-electron chi connectivity index (χ2n) is 7.62. The highest BCUT2D eigenvalue weighted by Gasteiger charge is 2.37. The zero-order valence-corrected chi connectivity index (χ0v) is 18.0. The van der Waals surface area contributed by atoms with Crippen LogP contribution in [0.25, 0.3) is 0 Å². The van der Waals surface area contributed by atoms with E-state index in [0.717, 1.165) is 23.1 Å². The molecule has 32 heavy (non-hydrogen) atoms. The lowest BCUT2D eigenvalue weighted by molar-refractivity contribution is -0.125. The van der Waals surface area contributed by atoms with E-state index in [1.807, 2.05) is 4.90 Å². The summed E-state index contributed by atoms with van der Waals surface area (Å²) in [5.41, 5.74) is 1.29. The van der Waals surface area contributed by atoms with Crippen molar-refractivity contribution in [2.24, 2.45) is 0 Å². The molecule has 0 aliphatic carbocycles. The third kappa shape index (κ3) is 5.31. The third-order valence-corrected chi connectivity index (χ3v) is 6.56. The van der Waals surface area contributed by atoms with Gasteiger partial charge in [-0.3, -0.25) is 9.69 Å². The molecule has 168 valence electrons. The highest BCUT2D eigenvalue weighted by Crippen LogP contribution is 2.34. The lowest BCUT2D eigenvalue weighted by atomic mass is 10.1. The number of aromatic nitrogens is 2. The number of thioether (sulfide) groups is 1. The van der Waals surface area contributed by atoms with Crippen LogP contribution < -0.4 is 5.32 Å². The second-order valence-corrected chi connectivity index (χ2v) is 9.00. The molecule has 3 aromatic rings. The Kier molecular flexibility index (Phi) is 6.80. The summed E-state index contributed by atoms with van der Waals surface area (Å²) in [6.07, 6.45) is 0.501. The number of hydrogen-bond donors (Lipinski definition) is 1. The molecule has 0 bridgehead atoms. The summed E-state index contributed by atoms with van der Waals surface area (Å²) in [6, 6.07) is 8.89. The van der Waals surface area contributed by atoms with Crippen molar-refractivity contribution in [1.29, 1.82) is 0 Å². The van der Waals surface area contributed by atoms with Crippen molar-refractivity contribution in [2.45, 2.75) is 42.6 Å². The Bertz CT molecular complexity index is 1090. The predicted molar refractivity (Wildman–Crippen MR) is 112 cm³/mol. The Morgan fingerprint density at radius 1 is 1.16 bits per heavy atom. The Morgan fingerprint density at radius 3 is 2.62 bits per heavy atom. The number of nitrogens with one attached hydrogen (secondary N) is 1. The summed E-state index contributed by atoms with van der Waals surface area (Å²) < 4.78 is 45.8. The molecule has 2 aromatic carbocycles. The Labute approximate surface area is 187 Å². The van der Waals surface area contributed by atoms with Crippen LogP contribution in [0.5, 0.6) is 0 Å². The van der Waals surface area contributed by atoms with Crippen molar-refractivity contribution in [1.82, 2.24) is 20.5 Å². The van der Waals surface area contributed by atoms with E-state index in [-0.39, 0.29) is 35.6 Å². The molecule has 0 unspecified atom stereocenters. The third-order valence-electron chi connectivity index (χ3n) is 5.34. The first-order valence-corrected chi connectivity index (χ1v) is 10.9. The van der Waals surface area contributed by atoms with Crippen LogP contribution >= 0.6 is 11.8 Å². The second kappa shape index (κ2) is 9.74. The molecule has 1 amide bonds. The lowest BCUT2D eigenvalue weighted by Gasteiger charge is -2.23. The molecule has 0 spiro atoms. The number of halogens is 3. The molecule has 10 heteroatoms. The number of amides is 1. The summed E-state index contributed by atoms with van der Waals surface area (Å²) in [5.74, 6) is -1.62. The number of nitrogens with zero attached hydrogens (tertiary/aromatic N) is 3. The molecular formula is C22H21F3N4O2S. The number of benzene rings is 2. The molecule has 0 saturated carbocycles. The Morgan fingerprint density at radius 2 is 1.91 bits per heavy atom. The SMILES string of the molecule is Cc1nonc1CNC(=O)[C@@H]1C[C@@H](Sc2ccc(F)cc2)CN1Cc1cc(F)ccc1F. The fourth-order valence-corrected chi connectivity index (χ4v) is 4.90. The van der Waals surface area contributed by atoms with E-state index in [1.54, 1.807) is 19.1 Å². The maximum absolute atomic E-state index is 14.3. The van der Waals surface area contributed by atoms with E-state index in [2.05, 4.69) is 20.3 Å². The largest absolute Gasteiger partial charge is 0.349 e. The Balaban J connectivity index is 1.49. The molecule has 1 N–H and O–H groups in total. The number of aryl methyl sites for hydroxylation is 1. The van der Waals surface area contributed by atoms with E-state index < -0.39 is 17.7 Å². The number of rotatable bonds is 7. The van der Waals surface area contributed by atoms with E-state index in [0.29, 0.717) is 24.4 Å². The van der Waals surface area contributed by atoms with Gasteiger partial charge in [0.1, 0.15) is 28.8 Å². The molecule has 4 rings (SSSR count). The molecule has 1 aliphatic rings. The van der Waals surface area contributed by atoms with Crippen molar-refractivity contribution >= 4 is 17.7 Å². The van der Waals surface area contributed by atoms with E-state index >= 15 is 0 Å². The van der Waals surface area contributed by atoms with Gasteiger partial charge in [0.05, 0.1) is 12.6 Å². The molecule has 1 saturated heterocycles. The van der Waals surface area contributed by atoms with E-state index in [1.165, 1.54) is 23.9 Å². The highest BCUT2D eigenvalue weighted by atomic mass is 32.2. The normalized spacial score (nSPS) is 18.8. The highest BCUT2D eigenvalue weighted by molar-refractivity contribution is 8.00. The molecule has 6 nitrogen and oxygen atoms in total. The van der Waals surface area contributed by atoms with Gasteiger partial charge in [-0.15, -0.1) is 11.8 Å². The van der Waals surface area contributed by atoms with Crippen LogP contribution in [0, 0.1) is 24.4 Å². The molecule has 1 aromatic heterocycles. The van der Waals surface area contributed by atoms with Crippen molar-refractivity contribution in [3.63, 3.8) is 0 Å². The van der Waals surface area contributed by atoms with Gasteiger partial charge in [-0.1, -0.05) is 10.3 Å². The average molecular weight is 462 g/mol. The van der Waals surface area contributed by atoms with Gasteiger partial charge in [-0.2, -0.15) is 0 Å². The standard InChI is InChI=1S/C22H21F3N4O2S/c1-13-20(28-31-27-13)10-26-22(30)21-9-18(32-17-5-2-15(23)3-6-17)12-29(21)11-14-8-16(24)4-7-19(14)25/h2-8,18,21H,9-12H2,1H3,(H,26,30)/t18-,21+/m1/s1. The zero-order chi connectivity index (χ0) is 22.7. The van der Waals surface area contributed by atoms with Crippen LogP contribution in [-0.2, 0) is 17.9 Å². The van der Waals surface area contributed by atoms with Gasteiger partial charge in [-0.25, -0.2) is 17.8 Å². The minimum atomic E-state index is -0.546. The monoisotopic (exact) mass is 462 g/mol. The zero-order valence-electron chi connectivity index (χ0n) is 17.2. The number of carbonyl (C=O) groups is 1. The quantitative estimate of drug-likeness (QED) is 0.575. The van der Waals surface area contributed by atoms with Crippen LogP contribution in [0.4, 0.5) is 13.2 Å². The van der Waals surface area contributed by atoms with E-state index in [9.17, 15) is 18.0 Å². The predicted octanol–water partition coefficient (Wildman–Crippen LogP) is 3.85. The summed E-state index contributed by atoms with van der Waals surface area (Å²) >= 11 is 1.53. The van der Waals surface area contributed by atoms with Crippen molar-refractivity contribution < 1.29 is 22.6 Å². The Hall–Kier alpha value is -2.85. The van der Waals surface area contributed by atoms with Gasteiger partial charge in [0, 0.05) is 28.8 Å². The fourth-order valence-electron chi connectivity index (χ4n) is 3.68. The molecule has 1 fully saturated rings. The van der Waals surface area contributed by atoms with E-state index in [4.69, 9.17) is 0 Å². The summed E-state index contributed by atoms with van der Waals surface area (Å²) in [7, 11) is 0. The maximum atomic E-state index is 14.3. The van der Waals surface area contributed by atoms with Gasteiger partial charge >= 0.3 is 0 Å². The maximum Gasteiger partial charge on any atom is 0.237 e. The molecular weight excluding hydrogens is 441 g/mol. The van der Waals surface area contributed by atoms with Gasteiger partial charge in [-0.05, 0) is 55.8 Å². The summed E-state index contributed by atoms with van der Waals surface area (Å²) in [5, 5.41) is 10.3. The van der Waals surface area contributed by atoms with Crippen LogP contribution in [0.3, 0.4) is 0 Å². The molecule has 1 aliphatic heterocycles. The molecule has 2 heterocycles. The minimum Gasteiger partial charge on any atom is -0.349 e. The number of hydrogen-bond acceptors (Lipinski definition) is 6. The smallest absolute Gasteiger partial charge is 0.237 e. The first-order valence-electron chi connectivity index (χ1n) is 10.0. The summed E-state index contributed by atoms with van der Waals surface area (Å²) in [4.78, 5) is 15.7. The van der Waals surface area contributed by atoms with Crippen LogP contribution in [0.2, 0.25) is 0 Å². The van der Waals surface area contributed by atoms with Crippen molar-refractivity contribution in [3.05, 3.63) is 76.9 Å². The molecule has 0 radical (unpaired) electrons. The summed E-state index contributed by atoms with van der Waals surface area (Å²) in [6.45, 7) is 2.46. The first kappa shape index (κ1) is 22.3. The number of carbonyl (C=O) groups excluding carboxylic acids is 1. The van der Waals surface area contributed by atoms with Gasteiger partial charge in [0.25, 0.3) is 0 Å². The number of likely N-dealkylation sites (tertiary alicyclic amines) is 1. The van der Waals surface area contributed by atoms with Crippen LogP contribution in [0.15, 0.2) is 52.0 Å². The topological polar surface area (TPSA) is 71.3 Å². The van der Waals surface area contributed by atoms with Crippen molar-refractivity contribution in [3.8, 4) is 0 Å². The van der Waals surface area contributed by atoms with Crippen LogP contribution in [0.1, 0.15) is 23.4 Å². The van der Waals surface area contributed by atoms with Gasteiger partial charge in [0.2, 0.25) is 5.91 Å². The van der Waals surface area contributed by atoms with Gasteiger partial charge in [0.15, 0.2) is 0 Å². The van der Waals surface area contributed by atoms with Crippen molar-refractivity contribution in [2.75, 3.05) is 6.54 Å².